The molecule has 0 fully saturated rings. The third-order valence-electron chi connectivity index (χ3n) is 2.65. The van der Waals surface area contributed by atoms with E-state index in [9.17, 15) is 9.18 Å². The highest BCUT2D eigenvalue weighted by Gasteiger charge is 2.19. The van der Waals surface area contributed by atoms with Gasteiger partial charge in [0.25, 0.3) is 0 Å². The van der Waals surface area contributed by atoms with Gasteiger partial charge < -0.3 is 5.11 Å². The van der Waals surface area contributed by atoms with Crippen molar-refractivity contribution in [2.75, 3.05) is 5.75 Å². The maximum absolute atomic E-state index is 13.2. The van der Waals surface area contributed by atoms with Crippen molar-refractivity contribution in [1.82, 2.24) is 14.8 Å². The number of carboxylic acids is 1. The van der Waals surface area contributed by atoms with Crippen LogP contribution >= 0.6 is 27.7 Å². The van der Waals surface area contributed by atoms with E-state index in [1.807, 2.05) is 13.8 Å². The average Bonchev–Trinajstić information content (AvgIpc) is 2.80. The van der Waals surface area contributed by atoms with Gasteiger partial charge in [-0.05, 0) is 34.1 Å². The van der Waals surface area contributed by atoms with Crippen LogP contribution in [-0.4, -0.2) is 31.6 Å². The van der Waals surface area contributed by atoms with Crippen molar-refractivity contribution < 1.29 is 14.3 Å². The van der Waals surface area contributed by atoms with E-state index in [0.29, 0.717) is 21.1 Å². The Balaban J connectivity index is 2.52. The molecule has 0 spiro atoms. The number of aromatic nitrogens is 3. The van der Waals surface area contributed by atoms with Crippen LogP contribution in [0.5, 0.6) is 0 Å². The van der Waals surface area contributed by atoms with Gasteiger partial charge >= 0.3 is 5.97 Å². The first-order valence-corrected chi connectivity index (χ1v) is 7.93. The first kappa shape index (κ1) is 16.0. The molecule has 1 heterocycles. The van der Waals surface area contributed by atoms with E-state index in [1.165, 1.54) is 12.1 Å². The van der Waals surface area contributed by atoms with Crippen molar-refractivity contribution in [2.24, 2.45) is 0 Å². The summed E-state index contributed by atoms with van der Waals surface area (Å²) >= 11 is 4.40. The molecule has 0 aliphatic rings. The van der Waals surface area contributed by atoms with Gasteiger partial charge in [0.2, 0.25) is 0 Å². The summed E-state index contributed by atoms with van der Waals surface area (Å²) in [7, 11) is 0. The predicted octanol–water partition coefficient (Wildman–Crippen LogP) is 3.47. The number of carboxylic acid groups (broad SMARTS) is 1. The summed E-state index contributed by atoms with van der Waals surface area (Å²) in [5.41, 5.74) is 0.679. The minimum absolute atomic E-state index is 0.0913. The van der Waals surface area contributed by atoms with Gasteiger partial charge in [0.05, 0.1) is 11.4 Å². The normalized spacial score (nSPS) is 11.1. The third kappa shape index (κ3) is 3.62. The van der Waals surface area contributed by atoms with E-state index in [2.05, 4.69) is 26.1 Å². The van der Waals surface area contributed by atoms with Gasteiger partial charge in [-0.15, -0.1) is 10.2 Å². The largest absolute Gasteiger partial charge is 0.481 e. The molecular formula is C13H13BrFN3O2S. The Morgan fingerprint density at radius 1 is 1.48 bits per heavy atom. The zero-order chi connectivity index (χ0) is 15.6. The molecule has 0 saturated carbocycles. The van der Waals surface area contributed by atoms with E-state index < -0.39 is 5.97 Å². The minimum atomic E-state index is -0.932. The standard InChI is InChI=1S/C13H13BrFN3O2S/c1-7(2)12-16-17-13(21-6-11(19)20)18(12)10-4-3-8(15)5-9(10)14/h3-5,7H,6H2,1-2H3,(H,19,20). The van der Waals surface area contributed by atoms with Gasteiger partial charge in [-0.1, -0.05) is 25.6 Å². The van der Waals surface area contributed by atoms with Crippen molar-refractivity contribution in [3.8, 4) is 5.69 Å². The molecule has 112 valence electrons. The van der Waals surface area contributed by atoms with Gasteiger partial charge in [-0.3, -0.25) is 9.36 Å². The van der Waals surface area contributed by atoms with Crippen molar-refractivity contribution in [3.63, 3.8) is 0 Å². The fraction of sp³-hybridized carbons (Fsp3) is 0.308. The molecule has 8 heteroatoms. The number of carbonyl (C=O) groups is 1. The van der Waals surface area contributed by atoms with Crippen LogP contribution in [0.4, 0.5) is 4.39 Å². The molecule has 5 nitrogen and oxygen atoms in total. The second-order valence-corrected chi connectivity index (χ2v) is 6.41. The highest BCUT2D eigenvalue weighted by Crippen LogP contribution is 2.30. The Morgan fingerprint density at radius 3 is 2.76 bits per heavy atom. The summed E-state index contributed by atoms with van der Waals surface area (Å²) in [5.74, 6) is -0.623. The van der Waals surface area contributed by atoms with Crippen LogP contribution in [0.2, 0.25) is 0 Å². The monoisotopic (exact) mass is 373 g/mol. The molecule has 0 unspecified atom stereocenters. The Kier molecular flexibility index (Phi) is 5.00. The molecule has 0 amide bonds. The highest BCUT2D eigenvalue weighted by molar-refractivity contribution is 9.10. The maximum atomic E-state index is 13.2. The lowest BCUT2D eigenvalue weighted by Gasteiger charge is -2.13. The highest BCUT2D eigenvalue weighted by atomic mass is 79.9. The molecule has 0 aliphatic carbocycles. The molecule has 1 aromatic heterocycles. The zero-order valence-corrected chi connectivity index (χ0v) is 13.8. The summed E-state index contributed by atoms with van der Waals surface area (Å²) in [6.45, 7) is 3.92. The summed E-state index contributed by atoms with van der Waals surface area (Å²) in [6, 6.07) is 4.31. The smallest absolute Gasteiger partial charge is 0.313 e. The van der Waals surface area contributed by atoms with Gasteiger partial charge in [0, 0.05) is 10.4 Å². The lowest BCUT2D eigenvalue weighted by Crippen LogP contribution is -2.07. The number of aliphatic carboxylic acids is 1. The molecule has 1 N–H and O–H groups in total. The third-order valence-corrected chi connectivity index (χ3v) is 4.20. The molecule has 1 aromatic carbocycles. The van der Waals surface area contributed by atoms with Crippen LogP contribution in [0.25, 0.3) is 5.69 Å². The van der Waals surface area contributed by atoms with E-state index in [4.69, 9.17) is 5.11 Å². The second kappa shape index (κ2) is 6.57. The van der Waals surface area contributed by atoms with Gasteiger partial charge in [0.1, 0.15) is 11.6 Å². The van der Waals surface area contributed by atoms with Gasteiger partial charge in [-0.25, -0.2) is 4.39 Å². The van der Waals surface area contributed by atoms with Crippen molar-refractivity contribution in [3.05, 3.63) is 34.3 Å². The van der Waals surface area contributed by atoms with Crippen LogP contribution < -0.4 is 0 Å². The molecule has 0 aliphatic heterocycles. The topological polar surface area (TPSA) is 68.0 Å². The van der Waals surface area contributed by atoms with Crippen LogP contribution in [0.15, 0.2) is 27.8 Å². The summed E-state index contributed by atoms with van der Waals surface area (Å²) < 4.78 is 15.6. The first-order chi connectivity index (χ1) is 9.90. The molecule has 0 atom stereocenters. The minimum Gasteiger partial charge on any atom is -0.481 e. The number of thioether (sulfide) groups is 1. The number of halogens is 2. The predicted molar refractivity (Wildman–Crippen MR) is 81.5 cm³/mol. The van der Waals surface area contributed by atoms with Gasteiger partial charge in [0.15, 0.2) is 5.16 Å². The molecule has 0 bridgehead atoms. The number of nitrogens with zero attached hydrogens (tertiary/aromatic N) is 3. The fourth-order valence-corrected chi connectivity index (χ4v) is 2.96. The van der Waals surface area contributed by atoms with E-state index in [0.717, 1.165) is 11.8 Å². The van der Waals surface area contributed by atoms with Crippen LogP contribution in [0.3, 0.4) is 0 Å². The van der Waals surface area contributed by atoms with Crippen molar-refractivity contribution in [2.45, 2.75) is 24.9 Å². The number of hydrogen-bond acceptors (Lipinski definition) is 4. The maximum Gasteiger partial charge on any atom is 0.313 e. The molecule has 2 rings (SSSR count). The quantitative estimate of drug-likeness (QED) is 0.812. The summed E-state index contributed by atoms with van der Waals surface area (Å²) in [4.78, 5) is 10.7. The lowest BCUT2D eigenvalue weighted by atomic mass is 10.2. The van der Waals surface area contributed by atoms with Crippen LogP contribution in [0, 0.1) is 5.82 Å². The molecule has 2 aromatic rings. The Hall–Kier alpha value is -1.41. The van der Waals surface area contributed by atoms with Crippen molar-refractivity contribution in [1.29, 1.82) is 0 Å². The SMILES string of the molecule is CC(C)c1nnc(SCC(=O)O)n1-c1ccc(F)cc1Br. The molecule has 0 saturated heterocycles. The zero-order valence-electron chi connectivity index (χ0n) is 11.4. The van der Waals surface area contributed by atoms with Gasteiger partial charge in [-0.2, -0.15) is 0 Å². The summed E-state index contributed by atoms with van der Waals surface area (Å²) in [6.07, 6.45) is 0. The fourth-order valence-electron chi connectivity index (χ4n) is 1.76. The molecule has 0 radical (unpaired) electrons. The molecular weight excluding hydrogens is 361 g/mol. The molecule has 21 heavy (non-hydrogen) atoms. The number of benzene rings is 1. The van der Waals surface area contributed by atoms with E-state index >= 15 is 0 Å². The van der Waals surface area contributed by atoms with E-state index in [-0.39, 0.29) is 17.5 Å². The second-order valence-electron chi connectivity index (χ2n) is 4.61. The lowest BCUT2D eigenvalue weighted by molar-refractivity contribution is -0.133. The van der Waals surface area contributed by atoms with Crippen LogP contribution in [0.1, 0.15) is 25.6 Å². The summed E-state index contributed by atoms with van der Waals surface area (Å²) in [5, 5.41) is 17.4. The number of rotatable bonds is 5. The number of hydrogen-bond donors (Lipinski definition) is 1. The Morgan fingerprint density at radius 2 is 2.19 bits per heavy atom. The Bertz CT molecular complexity index is 675. The van der Waals surface area contributed by atoms with Crippen LogP contribution in [-0.2, 0) is 4.79 Å². The van der Waals surface area contributed by atoms with E-state index in [1.54, 1.807) is 10.6 Å². The Labute approximate surface area is 133 Å². The average molecular weight is 374 g/mol. The first-order valence-electron chi connectivity index (χ1n) is 6.15. The van der Waals surface area contributed by atoms with Crippen molar-refractivity contribution >= 4 is 33.7 Å².